The highest BCUT2D eigenvalue weighted by Gasteiger charge is 2.11. The molecule has 0 amide bonds. The van der Waals surface area contributed by atoms with Crippen LogP contribution in [-0.2, 0) is 0 Å². The average molecular weight is 295 g/mol. The number of anilines is 2. The van der Waals surface area contributed by atoms with Crippen LogP contribution in [0.4, 0.5) is 11.1 Å². The molecule has 4 rings (SSSR count). The Morgan fingerprint density at radius 3 is 2.76 bits per heavy atom. The first-order valence-electron chi connectivity index (χ1n) is 6.69. The zero-order chi connectivity index (χ0) is 14.4. The van der Waals surface area contributed by atoms with Crippen molar-refractivity contribution in [2.45, 2.75) is 13.8 Å². The van der Waals surface area contributed by atoms with Crippen LogP contribution in [0, 0.1) is 13.8 Å². The Morgan fingerprint density at radius 2 is 1.90 bits per heavy atom. The summed E-state index contributed by atoms with van der Waals surface area (Å²) in [6, 6.07) is 12.6. The van der Waals surface area contributed by atoms with Gasteiger partial charge in [0.2, 0.25) is 0 Å². The van der Waals surface area contributed by atoms with Gasteiger partial charge < -0.3 is 4.42 Å². The van der Waals surface area contributed by atoms with E-state index < -0.39 is 0 Å². The van der Waals surface area contributed by atoms with E-state index in [9.17, 15) is 0 Å². The van der Waals surface area contributed by atoms with Crippen molar-refractivity contribution in [3.63, 3.8) is 0 Å². The predicted molar refractivity (Wildman–Crippen MR) is 86.4 cm³/mol. The van der Waals surface area contributed by atoms with E-state index in [1.807, 2.05) is 31.2 Å². The number of hydrogen-bond acceptors (Lipinski definition) is 5. The van der Waals surface area contributed by atoms with Gasteiger partial charge in [-0.2, -0.15) is 4.98 Å². The van der Waals surface area contributed by atoms with Gasteiger partial charge >= 0.3 is 6.01 Å². The van der Waals surface area contributed by atoms with Crippen LogP contribution in [0.25, 0.3) is 21.3 Å². The van der Waals surface area contributed by atoms with E-state index in [1.165, 1.54) is 5.56 Å². The molecule has 1 N–H and O–H groups in total. The largest absolute Gasteiger partial charge is 0.423 e. The highest BCUT2D eigenvalue weighted by Crippen LogP contribution is 2.30. The smallest absolute Gasteiger partial charge is 0.302 e. The fourth-order valence-corrected chi connectivity index (χ4v) is 3.30. The van der Waals surface area contributed by atoms with E-state index in [1.54, 1.807) is 11.3 Å². The van der Waals surface area contributed by atoms with Gasteiger partial charge in [0, 0.05) is 0 Å². The molecule has 0 aliphatic carbocycles. The maximum absolute atomic E-state index is 5.80. The Morgan fingerprint density at radius 1 is 1.05 bits per heavy atom. The fraction of sp³-hybridized carbons (Fsp3) is 0.125. The van der Waals surface area contributed by atoms with Crippen molar-refractivity contribution in [2.75, 3.05) is 5.32 Å². The number of fused-ring (bicyclic) bond motifs is 2. The summed E-state index contributed by atoms with van der Waals surface area (Å²) in [7, 11) is 0. The Labute approximate surface area is 125 Å². The molecule has 21 heavy (non-hydrogen) atoms. The highest BCUT2D eigenvalue weighted by molar-refractivity contribution is 7.22. The summed E-state index contributed by atoms with van der Waals surface area (Å²) >= 11 is 1.59. The Bertz CT molecular complexity index is 922. The molecule has 0 atom stereocenters. The fourth-order valence-electron chi connectivity index (χ4n) is 2.45. The summed E-state index contributed by atoms with van der Waals surface area (Å²) in [6.07, 6.45) is 0. The van der Waals surface area contributed by atoms with E-state index in [-0.39, 0.29) is 0 Å². The minimum absolute atomic E-state index is 0.484. The van der Waals surface area contributed by atoms with Crippen LogP contribution in [0.1, 0.15) is 11.1 Å². The minimum atomic E-state index is 0.484. The van der Waals surface area contributed by atoms with E-state index in [2.05, 4.69) is 34.3 Å². The normalized spacial score (nSPS) is 11.3. The highest BCUT2D eigenvalue weighted by atomic mass is 32.1. The van der Waals surface area contributed by atoms with Crippen molar-refractivity contribution in [3.05, 3.63) is 47.5 Å². The predicted octanol–water partition coefficient (Wildman–Crippen LogP) is 4.80. The molecule has 0 bridgehead atoms. The van der Waals surface area contributed by atoms with Crippen LogP contribution in [0.5, 0.6) is 0 Å². The third-order valence-electron chi connectivity index (χ3n) is 3.33. The number of oxazole rings is 1. The lowest BCUT2D eigenvalue weighted by molar-refractivity contribution is 0.620. The molecule has 2 heterocycles. The van der Waals surface area contributed by atoms with Gasteiger partial charge in [0.15, 0.2) is 10.7 Å². The first-order chi connectivity index (χ1) is 10.2. The van der Waals surface area contributed by atoms with Gasteiger partial charge in [-0.25, -0.2) is 4.98 Å². The second-order valence-corrected chi connectivity index (χ2v) is 6.09. The van der Waals surface area contributed by atoms with Crippen molar-refractivity contribution >= 4 is 43.8 Å². The molecule has 0 spiro atoms. The zero-order valence-corrected chi connectivity index (χ0v) is 12.5. The summed E-state index contributed by atoms with van der Waals surface area (Å²) in [5.74, 6) is 0. The van der Waals surface area contributed by atoms with E-state index in [4.69, 9.17) is 4.42 Å². The number of aryl methyl sites for hydroxylation is 2. The molecule has 0 fully saturated rings. The van der Waals surface area contributed by atoms with Crippen LogP contribution >= 0.6 is 11.3 Å². The molecule has 4 aromatic rings. The lowest BCUT2D eigenvalue weighted by atomic mass is 10.1. The van der Waals surface area contributed by atoms with Crippen molar-refractivity contribution in [1.29, 1.82) is 0 Å². The van der Waals surface area contributed by atoms with Gasteiger partial charge in [0.25, 0.3) is 0 Å². The Balaban J connectivity index is 1.75. The number of rotatable bonds is 2. The maximum atomic E-state index is 5.80. The third-order valence-corrected chi connectivity index (χ3v) is 4.28. The van der Waals surface area contributed by atoms with Crippen molar-refractivity contribution < 1.29 is 4.42 Å². The molecule has 4 nitrogen and oxygen atoms in total. The van der Waals surface area contributed by atoms with Crippen LogP contribution in [0.15, 0.2) is 40.8 Å². The number of thiazole rings is 1. The molecular formula is C16H13N3OS. The summed E-state index contributed by atoms with van der Waals surface area (Å²) < 4.78 is 6.94. The van der Waals surface area contributed by atoms with Gasteiger partial charge in [0.1, 0.15) is 5.52 Å². The van der Waals surface area contributed by atoms with Crippen LogP contribution < -0.4 is 5.32 Å². The molecule has 5 heteroatoms. The summed E-state index contributed by atoms with van der Waals surface area (Å²) in [6.45, 7) is 4.09. The molecule has 0 aliphatic heterocycles. The molecule has 0 radical (unpaired) electrons. The van der Waals surface area contributed by atoms with Crippen LogP contribution in [0.3, 0.4) is 0 Å². The Kier molecular flexibility index (Phi) is 2.68. The van der Waals surface area contributed by atoms with Gasteiger partial charge in [-0.1, -0.05) is 29.5 Å². The summed E-state index contributed by atoms with van der Waals surface area (Å²) in [5.41, 5.74) is 4.95. The van der Waals surface area contributed by atoms with Gasteiger partial charge in [-0.15, -0.1) is 0 Å². The number of hydrogen-bond donors (Lipinski definition) is 1. The van der Waals surface area contributed by atoms with Gasteiger partial charge in [-0.3, -0.25) is 5.32 Å². The Hall–Kier alpha value is -2.40. The number of aromatic nitrogens is 2. The van der Waals surface area contributed by atoms with Crippen molar-refractivity contribution in [2.24, 2.45) is 0 Å². The SMILES string of the molecule is Cc1cc(C)c2oc(Nc3nc4ccccc4s3)nc2c1. The van der Waals surface area contributed by atoms with Crippen LogP contribution in [-0.4, -0.2) is 9.97 Å². The molecular weight excluding hydrogens is 282 g/mol. The van der Waals surface area contributed by atoms with Crippen LogP contribution in [0.2, 0.25) is 0 Å². The third kappa shape index (κ3) is 2.15. The number of nitrogens with zero attached hydrogens (tertiary/aromatic N) is 2. The van der Waals surface area contributed by atoms with E-state index in [0.29, 0.717) is 6.01 Å². The molecule has 0 saturated carbocycles. The van der Waals surface area contributed by atoms with Gasteiger partial charge in [0.05, 0.1) is 10.2 Å². The standard InChI is InChI=1S/C16H13N3OS/c1-9-7-10(2)14-12(8-9)17-15(20-14)19-16-18-11-5-3-4-6-13(11)21-16/h3-8H,1-2H3,(H,17,18,19). The maximum Gasteiger partial charge on any atom is 0.302 e. The summed E-state index contributed by atoms with van der Waals surface area (Å²) in [4.78, 5) is 9.01. The first kappa shape index (κ1) is 12.3. The molecule has 0 aliphatic rings. The average Bonchev–Trinajstić information content (AvgIpc) is 3.01. The quantitative estimate of drug-likeness (QED) is 0.577. The minimum Gasteiger partial charge on any atom is -0.423 e. The van der Waals surface area contributed by atoms with Crippen molar-refractivity contribution in [1.82, 2.24) is 9.97 Å². The lowest BCUT2D eigenvalue weighted by Gasteiger charge is -1.95. The second-order valence-electron chi connectivity index (χ2n) is 5.06. The topological polar surface area (TPSA) is 51.0 Å². The monoisotopic (exact) mass is 295 g/mol. The molecule has 0 saturated heterocycles. The molecule has 104 valence electrons. The number of nitrogens with one attached hydrogen (secondary N) is 1. The number of benzene rings is 2. The molecule has 0 unspecified atom stereocenters. The second kappa shape index (κ2) is 4.56. The van der Waals surface area contributed by atoms with E-state index in [0.717, 1.165) is 32.0 Å². The lowest BCUT2D eigenvalue weighted by Crippen LogP contribution is -1.88. The zero-order valence-electron chi connectivity index (χ0n) is 11.7. The number of para-hydroxylation sites is 1. The molecule has 2 aromatic carbocycles. The first-order valence-corrected chi connectivity index (χ1v) is 7.51. The van der Waals surface area contributed by atoms with E-state index >= 15 is 0 Å². The molecule has 2 aromatic heterocycles. The summed E-state index contributed by atoms with van der Waals surface area (Å²) in [5, 5.41) is 3.95. The van der Waals surface area contributed by atoms with Gasteiger partial charge in [-0.05, 0) is 43.2 Å². The van der Waals surface area contributed by atoms with Crippen molar-refractivity contribution in [3.8, 4) is 0 Å².